The number of methoxy groups -OCH3 is 2. The minimum Gasteiger partial charge on any atom is -0.495 e. The van der Waals surface area contributed by atoms with Crippen molar-refractivity contribution in [1.29, 1.82) is 0 Å². The molecule has 0 unspecified atom stereocenters. The molecule has 0 atom stereocenters. The van der Waals surface area contributed by atoms with E-state index in [0.717, 1.165) is 4.88 Å². The van der Waals surface area contributed by atoms with Crippen molar-refractivity contribution in [2.75, 3.05) is 27.4 Å². The van der Waals surface area contributed by atoms with Crippen molar-refractivity contribution >= 4 is 37.3 Å². The Hall–Kier alpha value is -0.930. The SMILES string of the molecule is COCCN(Cc1cccs1)S(=O)(=O)c1cc(Br)ccc1OC. The molecule has 0 saturated heterocycles. The summed E-state index contributed by atoms with van der Waals surface area (Å²) in [6.07, 6.45) is 0. The third-order valence-corrected chi connectivity index (χ3v) is 6.42. The molecular weight excluding hydrogens is 402 g/mol. The number of thiophene rings is 1. The minimum absolute atomic E-state index is 0.141. The fourth-order valence-electron chi connectivity index (χ4n) is 2.04. The Morgan fingerprint density at radius 2 is 2.04 bits per heavy atom. The number of sulfonamides is 1. The van der Waals surface area contributed by atoms with Crippen molar-refractivity contribution in [1.82, 2.24) is 4.31 Å². The lowest BCUT2D eigenvalue weighted by molar-refractivity contribution is 0.177. The van der Waals surface area contributed by atoms with E-state index >= 15 is 0 Å². The zero-order valence-electron chi connectivity index (χ0n) is 12.9. The average molecular weight is 420 g/mol. The highest BCUT2D eigenvalue weighted by Gasteiger charge is 2.28. The molecule has 0 aliphatic rings. The van der Waals surface area contributed by atoms with Gasteiger partial charge >= 0.3 is 0 Å². The van der Waals surface area contributed by atoms with Gasteiger partial charge in [-0.25, -0.2) is 8.42 Å². The highest BCUT2D eigenvalue weighted by molar-refractivity contribution is 9.10. The lowest BCUT2D eigenvalue weighted by atomic mass is 10.3. The molecule has 0 radical (unpaired) electrons. The average Bonchev–Trinajstić information content (AvgIpc) is 3.04. The Balaban J connectivity index is 2.40. The molecular formula is C15H18BrNO4S2. The summed E-state index contributed by atoms with van der Waals surface area (Å²) in [4.78, 5) is 1.11. The van der Waals surface area contributed by atoms with E-state index in [2.05, 4.69) is 15.9 Å². The van der Waals surface area contributed by atoms with Crippen LogP contribution in [0.2, 0.25) is 0 Å². The van der Waals surface area contributed by atoms with Crippen LogP contribution in [0.5, 0.6) is 5.75 Å². The Morgan fingerprint density at radius 1 is 1.26 bits per heavy atom. The molecule has 0 bridgehead atoms. The van der Waals surface area contributed by atoms with Crippen LogP contribution in [0.15, 0.2) is 45.1 Å². The Kier molecular flexibility index (Phi) is 6.60. The van der Waals surface area contributed by atoms with E-state index in [1.54, 1.807) is 25.3 Å². The van der Waals surface area contributed by atoms with Gasteiger partial charge in [0.1, 0.15) is 10.6 Å². The number of hydrogen-bond donors (Lipinski definition) is 0. The van der Waals surface area contributed by atoms with Gasteiger partial charge in [0.05, 0.1) is 13.7 Å². The number of halogens is 1. The fourth-order valence-corrected chi connectivity index (χ4v) is 4.94. The molecule has 0 amide bonds. The summed E-state index contributed by atoms with van der Waals surface area (Å²) in [5.41, 5.74) is 0. The molecule has 126 valence electrons. The number of nitrogens with zero attached hydrogens (tertiary/aromatic N) is 1. The van der Waals surface area contributed by atoms with Gasteiger partial charge in [-0.15, -0.1) is 11.3 Å². The highest BCUT2D eigenvalue weighted by atomic mass is 79.9. The zero-order chi connectivity index (χ0) is 16.9. The molecule has 0 spiro atoms. The van der Waals surface area contributed by atoms with E-state index in [0.29, 0.717) is 23.4 Å². The lowest BCUT2D eigenvalue weighted by Crippen LogP contribution is -2.33. The van der Waals surface area contributed by atoms with Crippen LogP contribution in [0, 0.1) is 0 Å². The molecule has 5 nitrogen and oxygen atoms in total. The number of ether oxygens (including phenoxy) is 2. The number of rotatable bonds is 8. The van der Waals surface area contributed by atoms with Crippen molar-refractivity contribution in [2.24, 2.45) is 0 Å². The Bertz CT molecular complexity index is 732. The van der Waals surface area contributed by atoms with Crippen LogP contribution in [0.1, 0.15) is 4.88 Å². The van der Waals surface area contributed by atoms with E-state index in [-0.39, 0.29) is 11.4 Å². The first kappa shape index (κ1) is 18.4. The van der Waals surface area contributed by atoms with Crippen LogP contribution in [0.4, 0.5) is 0 Å². The van der Waals surface area contributed by atoms with Gasteiger partial charge in [0.2, 0.25) is 10.0 Å². The van der Waals surface area contributed by atoms with E-state index in [4.69, 9.17) is 9.47 Å². The lowest BCUT2D eigenvalue weighted by Gasteiger charge is -2.22. The fraction of sp³-hybridized carbons (Fsp3) is 0.333. The molecule has 0 N–H and O–H groups in total. The summed E-state index contributed by atoms with van der Waals surface area (Å²) in [5, 5.41) is 1.93. The maximum Gasteiger partial charge on any atom is 0.247 e. The number of benzene rings is 1. The van der Waals surface area contributed by atoms with Gasteiger partial charge < -0.3 is 9.47 Å². The van der Waals surface area contributed by atoms with Crippen LogP contribution in [0.25, 0.3) is 0 Å². The maximum atomic E-state index is 13.1. The van der Waals surface area contributed by atoms with Gasteiger partial charge in [-0.1, -0.05) is 22.0 Å². The molecule has 0 fully saturated rings. The van der Waals surface area contributed by atoms with Crippen molar-refractivity contribution < 1.29 is 17.9 Å². The highest BCUT2D eigenvalue weighted by Crippen LogP contribution is 2.30. The van der Waals surface area contributed by atoms with Crippen LogP contribution in [0.3, 0.4) is 0 Å². The molecule has 0 saturated carbocycles. The van der Waals surface area contributed by atoms with Crippen LogP contribution in [-0.2, 0) is 21.3 Å². The monoisotopic (exact) mass is 419 g/mol. The first-order valence-corrected chi connectivity index (χ1v) is 9.95. The summed E-state index contributed by atoms with van der Waals surface area (Å²) >= 11 is 4.84. The second-order valence-electron chi connectivity index (χ2n) is 4.71. The minimum atomic E-state index is -3.71. The van der Waals surface area contributed by atoms with Gasteiger partial charge in [0, 0.05) is 29.5 Å². The molecule has 8 heteroatoms. The Labute approximate surface area is 149 Å². The topological polar surface area (TPSA) is 55.8 Å². The Morgan fingerprint density at radius 3 is 2.65 bits per heavy atom. The van der Waals surface area contributed by atoms with Gasteiger partial charge in [0.15, 0.2) is 0 Å². The molecule has 2 rings (SSSR count). The van der Waals surface area contributed by atoms with Gasteiger partial charge in [-0.3, -0.25) is 0 Å². The van der Waals surface area contributed by atoms with E-state index in [1.807, 2.05) is 17.5 Å². The number of hydrogen-bond acceptors (Lipinski definition) is 5. The molecule has 0 aliphatic carbocycles. The summed E-state index contributed by atoms with van der Waals surface area (Å²) in [6.45, 7) is 0.895. The first-order valence-electron chi connectivity index (χ1n) is 6.84. The van der Waals surface area contributed by atoms with Crippen molar-refractivity contribution in [3.8, 4) is 5.75 Å². The van der Waals surface area contributed by atoms with Gasteiger partial charge in [-0.2, -0.15) is 4.31 Å². The van der Waals surface area contributed by atoms with E-state index in [1.165, 1.54) is 22.8 Å². The summed E-state index contributed by atoms with van der Waals surface area (Å²) in [5.74, 6) is 0.321. The van der Waals surface area contributed by atoms with Crippen molar-refractivity contribution in [2.45, 2.75) is 11.4 Å². The predicted molar refractivity (Wildman–Crippen MR) is 94.5 cm³/mol. The van der Waals surface area contributed by atoms with Crippen LogP contribution < -0.4 is 4.74 Å². The standard InChI is InChI=1S/C15H18BrNO4S2/c1-20-8-7-17(11-13-4-3-9-22-13)23(18,19)15-10-12(16)5-6-14(15)21-2/h3-6,9-10H,7-8,11H2,1-2H3. The van der Waals surface area contributed by atoms with Gasteiger partial charge in [0.25, 0.3) is 0 Å². The van der Waals surface area contributed by atoms with Crippen molar-refractivity contribution in [3.05, 3.63) is 45.1 Å². The molecule has 0 aliphatic heterocycles. The third kappa shape index (κ3) is 4.54. The summed E-state index contributed by atoms with van der Waals surface area (Å²) in [6, 6.07) is 8.76. The second kappa shape index (κ2) is 8.25. The van der Waals surface area contributed by atoms with Crippen molar-refractivity contribution in [3.63, 3.8) is 0 Å². The molecule has 2 aromatic rings. The van der Waals surface area contributed by atoms with Gasteiger partial charge in [-0.05, 0) is 29.6 Å². The predicted octanol–water partition coefficient (Wildman–Crippen LogP) is 3.36. The van der Waals surface area contributed by atoms with E-state index in [9.17, 15) is 8.42 Å². The largest absolute Gasteiger partial charge is 0.495 e. The van der Waals surface area contributed by atoms with Crippen LogP contribution in [-0.4, -0.2) is 40.1 Å². The molecule has 1 aromatic heterocycles. The molecule has 1 aromatic carbocycles. The normalized spacial score (nSPS) is 11.8. The third-order valence-electron chi connectivity index (χ3n) is 3.20. The first-order chi connectivity index (χ1) is 11.0. The molecule has 1 heterocycles. The second-order valence-corrected chi connectivity index (χ2v) is 8.56. The summed E-state index contributed by atoms with van der Waals surface area (Å²) in [7, 11) is -0.699. The van der Waals surface area contributed by atoms with E-state index < -0.39 is 10.0 Å². The maximum absolute atomic E-state index is 13.1. The molecule has 23 heavy (non-hydrogen) atoms. The van der Waals surface area contributed by atoms with Crippen LogP contribution >= 0.6 is 27.3 Å². The smallest absolute Gasteiger partial charge is 0.247 e. The quantitative estimate of drug-likeness (QED) is 0.657. The zero-order valence-corrected chi connectivity index (χ0v) is 16.1. The summed E-state index contributed by atoms with van der Waals surface area (Å²) < 4.78 is 38.5.